The van der Waals surface area contributed by atoms with Gasteiger partial charge in [-0.25, -0.2) is 4.99 Å². The zero-order chi connectivity index (χ0) is 10.5. The first-order valence-electron chi connectivity index (χ1n) is 5.08. The van der Waals surface area contributed by atoms with Crippen molar-refractivity contribution < 1.29 is 4.74 Å². The van der Waals surface area contributed by atoms with E-state index in [4.69, 9.17) is 10.5 Å². The number of guanidine groups is 1. The van der Waals surface area contributed by atoms with Gasteiger partial charge in [-0.15, -0.1) is 0 Å². The van der Waals surface area contributed by atoms with Crippen LogP contribution in [-0.4, -0.2) is 25.2 Å². The standard InChI is InChI=1S/C11H15N3O/c12-11(14-10-6-7-15-8-10)13-9-4-2-1-3-5-9/h1-5,10H,6-8H2,(H3,12,13,14). The molecule has 0 bridgehead atoms. The Hall–Kier alpha value is -1.55. The van der Waals surface area contributed by atoms with Crippen LogP contribution in [0.3, 0.4) is 0 Å². The maximum atomic E-state index is 5.77. The van der Waals surface area contributed by atoms with Gasteiger partial charge < -0.3 is 15.8 Å². The summed E-state index contributed by atoms with van der Waals surface area (Å²) in [5.41, 5.74) is 6.73. The van der Waals surface area contributed by atoms with E-state index in [9.17, 15) is 0 Å². The topological polar surface area (TPSA) is 59.6 Å². The van der Waals surface area contributed by atoms with Crippen LogP contribution in [0.1, 0.15) is 6.42 Å². The number of rotatable bonds is 2. The van der Waals surface area contributed by atoms with Gasteiger partial charge >= 0.3 is 0 Å². The zero-order valence-electron chi connectivity index (χ0n) is 8.52. The van der Waals surface area contributed by atoms with Crippen molar-refractivity contribution in [3.8, 4) is 0 Å². The molecular weight excluding hydrogens is 190 g/mol. The maximum Gasteiger partial charge on any atom is 0.193 e. The number of aliphatic imine (C=N–C) groups is 1. The summed E-state index contributed by atoms with van der Waals surface area (Å²) >= 11 is 0. The van der Waals surface area contributed by atoms with E-state index in [1.54, 1.807) is 0 Å². The molecule has 4 nitrogen and oxygen atoms in total. The zero-order valence-corrected chi connectivity index (χ0v) is 8.52. The summed E-state index contributed by atoms with van der Waals surface area (Å²) in [6, 6.07) is 9.98. The van der Waals surface area contributed by atoms with E-state index in [0.29, 0.717) is 12.6 Å². The van der Waals surface area contributed by atoms with Crippen LogP contribution in [0, 0.1) is 0 Å². The number of ether oxygens (including phenoxy) is 1. The van der Waals surface area contributed by atoms with E-state index >= 15 is 0 Å². The Bertz CT molecular complexity index is 331. The third-order valence-electron chi connectivity index (χ3n) is 2.27. The lowest BCUT2D eigenvalue weighted by Gasteiger charge is -2.07. The smallest absolute Gasteiger partial charge is 0.193 e. The Balaban J connectivity index is 1.94. The molecule has 4 heteroatoms. The molecule has 80 valence electrons. The highest BCUT2D eigenvalue weighted by atomic mass is 16.5. The second-order valence-electron chi connectivity index (χ2n) is 3.52. The van der Waals surface area contributed by atoms with Gasteiger partial charge in [0.05, 0.1) is 12.6 Å². The van der Waals surface area contributed by atoms with E-state index in [-0.39, 0.29) is 6.04 Å². The predicted octanol–water partition coefficient (Wildman–Crippen LogP) is 1.20. The molecule has 3 N–H and O–H groups in total. The number of nitrogens with two attached hydrogens (primary N) is 1. The minimum atomic E-state index is 0.209. The third kappa shape index (κ3) is 2.95. The summed E-state index contributed by atoms with van der Waals surface area (Å²) in [5, 5.41) is 3.04. The lowest BCUT2D eigenvalue weighted by atomic mass is 10.3. The molecule has 0 amide bonds. The third-order valence-corrected chi connectivity index (χ3v) is 2.27. The molecule has 0 radical (unpaired) electrons. The van der Waals surface area contributed by atoms with Crippen molar-refractivity contribution in [3.05, 3.63) is 30.3 Å². The number of hydrogen-bond acceptors (Lipinski definition) is 2. The molecule has 1 aliphatic heterocycles. The second-order valence-corrected chi connectivity index (χ2v) is 3.52. The molecule has 1 aliphatic rings. The first kappa shape index (κ1) is 9.98. The van der Waals surface area contributed by atoms with Gasteiger partial charge in [0.1, 0.15) is 0 Å². The van der Waals surface area contributed by atoms with Crippen molar-refractivity contribution in [1.29, 1.82) is 0 Å². The first-order chi connectivity index (χ1) is 7.34. The van der Waals surface area contributed by atoms with E-state index < -0.39 is 0 Å². The molecule has 1 heterocycles. The lowest BCUT2D eigenvalue weighted by molar-refractivity contribution is 0.194. The van der Waals surface area contributed by atoms with E-state index in [0.717, 1.165) is 18.7 Å². The minimum absolute atomic E-state index is 0.209. The van der Waals surface area contributed by atoms with Gasteiger partial charge in [0, 0.05) is 12.3 Å². The van der Waals surface area contributed by atoms with Crippen molar-refractivity contribution in [3.63, 3.8) is 0 Å². The van der Waals surface area contributed by atoms with Gasteiger partial charge in [-0.2, -0.15) is 0 Å². The fraction of sp³-hybridized carbons (Fsp3) is 0.364. The van der Waals surface area contributed by atoms with Crippen molar-refractivity contribution in [1.82, 2.24) is 0 Å². The number of para-hydroxylation sites is 1. The van der Waals surface area contributed by atoms with Gasteiger partial charge in [0.25, 0.3) is 0 Å². The molecule has 15 heavy (non-hydrogen) atoms. The molecule has 0 spiro atoms. The second kappa shape index (κ2) is 4.79. The van der Waals surface area contributed by atoms with Crippen molar-refractivity contribution >= 4 is 11.6 Å². The summed E-state index contributed by atoms with van der Waals surface area (Å²) in [6.45, 7) is 1.46. The Morgan fingerprint density at radius 1 is 1.40 bits per heavy atom. The predicted molar refractivity (Wildman–Crippen MR) is 60.9 cm³/mol. The minimum Gasteiger partial charge on any atom is -0.379 e. The molecular formula is C11H15N3O. The fourth-order valence-corrected chi connectivity index (χ4v) is 1.52. The Labute approximate surface area is 89.1 Å². The fourth-order valence-electron chi connectivity index (χ4n) is 1.52. The number of nitrogens with zero attached hydrogens (tertiary/aromatic N) is 1. The van der Waals surface area contributed by atoms with E-state index in [1.807, 2.05) is 30.3 Å². The molecule has 1 aromatic rings. The van der Waals surface area contributed by atoms with Crippen LogP contribution in [0.25, 0.3) is 0 Å². The Morgan fingerprint density at radius 3 is 2.87 bits per heavy atom. The largest absolute Gasteiger partial charge is 0.379 e. The van der Waals surface area contributed by atoms with Crippen LogP contribution in [0.15, 0.2) is 35.3 Å². The van der Waals surface area contributed by atoms with Crippen LogP contribution in [-0.2, 0) is 4.74 Å². The monoisotopic (exact) mass is 205 g/mol. The lowest BCUT2D eigenvalue weighted by Crippen LogP contribution is -2.25. The molecule has 1 aromatic carbocycles. The summed E-state index contributed by atoms with van der Waals surface area (Å²) < 4.78 is 5.22. The van der Waals surface area contributed by atoms with E-state index in [1.165, 1.54) is 0 Å². The van der Waals surface area contributed by atoms with Crippen LogP contribution >= 0.6 is 0 Å². The molecule has 2 rings (SSSR count). The van der Waals surface area contributed by atoms with Crippen LogP contribution in [0.5, 0.6) is 0 Å². The summed E-state index contributed by atoms with van der Waals surface area (Å²) in [5.74, 6) is 0.455. The van der Waals surface area contributed by atoms with Gasteiger partial charge in [0.15, 0.2) is 5.96 Å². The van der Waals surface area contributed by atoms with Gasteiger partial charge in [-0.3, -0.25) is 0 Å². The first-order valence-corrected chi connectivity index (χ1v) is 5.08. The highest BCUT2D eigenvalue weighted by Gasteiger charge is 2.14. The number of anilines is 1. The van der Waals surface area contributed by atoms with Gasteiger partial charge in [0.2, 0.25) is 0 Å². The van der Waals surface area contributed by atoms with Gasteiger partial charge in [-0.05, 0) is 18.6 Å². The average Bonchev–Trinajstić information content (AvgIpc) is 2.71. The molecule has 0 saturated carbocycles. The molecule has 1 fully saturated rings. The quantitative estimate of drug-likeness (QED) is 0.563. The summed E-state index contributed by atoms with van der Waals surface area (Å²) in [6.07, 6.45) is 0.956. The summed E-state index contributed by atoms with van der Waals surface area (Å²) in [7, 11) is 0. The number of benzene rings is 1. The number of hydrogen-bond donors (Lipinski definition) is 2. The normalized spacial score (nSPS) is 21.6. The SMILES string of the molecule is NC(=NC1CCOC1)Nc1ccccc1. The average molecular weight is 205 g/mol. The maximum absolute atomic E-state index is 5.77. The van der Waals surface area contributed by atoms with E-state index in [2.05, 4.69) is 10.3 Å². The van der Waals surface area contributed by atoms with Crippen LogP contribution in [0.2, 0.25) is 0 Å². The van der Waals surface area contributed by atoms with Crippen molar-refractivity contribution in [2.24, 2.45) is 10.7 Å². The van der Waals surface area contributed by atoms with Crippen molar-refractivity contribution in [2.45, 2.75) is 12.5 Å². The van der Waals surface area contributed by atoms with Crippen LogP contribution < -0.4 is 11.1 Å². The van der Waals surface area contributed by atoms with Gasteiger partial charge in [-0.1, -0.05) is 18.2 Å². The van der Waals surface area contributed by atoms with Crippen LogP contribution in [0.4, 0.5) is 5.69 Å². The Kier molecular flexibility index (Phi) is 3.19. The molecule has 0 aliphatic carbocycles. The number of nitrogens with one attached hydrogen (secondary N) is 1. The van der Waals surface area contributed by atoms with Crippen molar-refractivity contribution in [2.75, 3.05) is 18.5 Å². The molecule has 0 aromatic heterocycles. The highest BCUT2D eigenvalue weighted by molar-refractivity contribution is 5.92. The molecule has 1 saturated heterocycles. The molecule has 1 unspecified atom stereocenters. The highest BCUT2D eigenvalue weighted by Crippen LogP contribution is 2.09. The molecule has 1 atom stereocenters. The summed E-state index contributed by atoms with van der Waals surface area (Å²) in [4.78, 5) is 4.33. The Morgan fingerprint density at radius 2 is 2.20 bits per heavy atom.